The van der Waals surface area contributed by atoms with E-state index in [1.54, 1.807) is 0 Å². The number of rotatable bonds is 5. The number of likely N-dealkylation sites (N-methyl/N-ethyl adjacent to an activating group) is 1. The Kier molecular flexibility index (Phi) is 4.41. The number of hydrogen-bond acceptors (Lipinski definition) is 2. The van der Waals surface area contributed by atoms with Crippen molar-refractivity contribution in [3.63, 3.8) is 0 Å². The van der Waals surface area contributed by atoms with Crippen molar-refractivity contribution in [3.8, 4) is 0 Å². The van der Waals surface area contributed by atoms with Crippen LogP contribution in [0, 0.1) is 12.3 Å². The maximum atomic E-state index is 7.83. The predicted octanol–water partition coefficient (Wildman–Crippen LogP) is 3.15. The quantitative estimate of drug-likeness (QED) is 0.646. The highest BCUT2D eigenvalue weighted by atomic mass is 15.1. The molecule has 20 heavy (non-hydrogen) atoms. The van der Waals surface area contributed by atoms with Crippen molar-refractivity contribution < 1.29 is 0 Å². The van der Waals surface area contributed by atoms with Gasteiger partial charge in [0.25, 0.3) is 0 Å². The molecule has 1 atom stereocenters. The van der Waals surface area contributed by atoms with Gasteiger partial charge in [0.1, 0.15) is 0 Å². The lowest BCUT2D eigenvalue weighted by molar-refractivity contribution is 0.812. The Morgan fingerprint density at radius 2 is 1.70 bits per heavy atom. The second-order valence-electron chi connectivity index (χ2n) is 5.13. The Balaban J connectivity index is 2.16. The summed E-state index contributed by atoms with van der Waals surface area (Å²) in [6, 6.07) is 18.4. The van der Waals surface area contributed by atoms with E-state index in [4.69, 9.17) is 11.1 Å². The Morgan fingerprint density at radius 1 is 1.10 bits per heavy atom. The highest BCUT2D eigenvalue weighted by molar-refractivity contribution is 5.85. The number of nitrogens with zero attached hydrogens (tertiary/aromatic N) is 1. The van der Waals surface area contributed by atoms with E-state index in [2.05, 4.69) is 36.1 Å². The molecule has 0 aliphatic rings. The Bertz CT molecular complexity index is 561. The van der Waals surface area contributed by atoms with Gasteiger partial charge in [0.05, 0.1) is 11.8 Å². The first-order chi connectivity index (χ1) is 9.58. The third-order valence-electron chi connectivity index (χ3n) is 3.51. The summed E-state index contributed by atoms with van der Waals surface area (Å²) in [5, 5.41) is 7.83. The van der Waals surface area contributed by atoms with E-state index in [0.29, 0.717) is 6.54 Å². The predicted molar refractivity (Wildman–Crippen MR) is 85.5 cm³/mol. The molecular weight excluding hydrogens is 246 g/mol. The van der Waals surface area contributed by atoms with Crippen LogP contribution < -0.4 is 10.6 Å². The Labute approximate surface area is 120 Å². The van der Waals surface area contributed by atoms with Crippen molar-refractivity contribution in [3.05, 3.63) is 65.7 Å². The lowest BCUT2D eigenvalue weighted by atomic mass is 9.97. The topological polar surface area (TPSA) is 53.1 Å². The van der Waals surface area contributed by atoms with Gasteiger partial charge in [-0.05, 0) is 24.6 Å². The third kappa shape index (κ3) is 3.38. The van der Waals surface area contributed by atoms with Crippen LogP contribution in [0.3, 0.4) is 0 Å². The number of nitrogens with one attached hydrogen (secondary N) is 1. The summed E-state index contributed by atoms with van der Waals surface area (Å²) in [6.45, 7) is 2.77. The summed E-state index contributed by atoms with van der Waals surface area (Å²) in [4.78, 5) is 2.14. The number of aryl methyl sites for hydroxylation is 1. The molecule has 3 heteroatoms. The van der Waals surface area contributed by atoms with Crippen LogP contribution in [0.5, 0.6) is 0 Å². The molecule has 0 aliphatic carbocycles. The fourth-order valence-corrected chi connectivity index (χ4v) is 2.25. The van der Waals surface area contributed by atoms with Crippen molar-refractivity contribution in [1.82, 2.24) is 0 Å². The molecule has 0 heterocycles. The van der Waals surface area contributed by atoms with E-state index in [-0.39, 0.29) is 11.8 Å². The molecule has 0 saturated carbocycles. The maximum Gasteiger partial charge on any atom is 0.1000 e. The fourth-order valence-electron chi connectivity index (χ4n) is 2.25. The SMILES string of the molecule is Cc1ccc(N(C)CC(C(=N)N)c2ccccc2)cc1. The van der Waals surface area contributed by atoms with E-state index >= 15 is 0 Å². The Hall–Kier alpha value is -2.29. The average Bonchev–Trinajstić information content (AvgIpc) is 2.46. The van der Waals surface area contributed by atoms with E-state index < -0.39 is 0 Å². The van der Waals surface area contributed by atoms with Crippen molar-refractivity contribution in [2.45, 2.75) is 12.8 Å². The number of amidine groups is 1. The van der Waals surface area contributed by atoms with Crippen LogP contribution >= 0.6 is 0 Å². The summed E-state index contributed by atoms with van der Waals surface area (Å²) in [5.74, 6) is 0.123. The van der Waals surface area contributed by atoms with Crippen LogP contribution in [-0.4, -0.2) is 19.4 Å². The number of anilines is 1. The van der Waals surface area contributed by atoms with Crippen LogP contribution in [0.2, 0.25) is 0 Å². The molecule has 104 valence electrons. The van der Waals surface area contributed by atoms with Crippen LogP contribution in [-0.2, 0) is 0 Å². The molecule has 0 amide bonds. The summed E-state index contributed by atoms with van der Waals surface area (Å²) in [7, 11) is 2.03. The lowest BCUT2D eigenvalue weighted by Gasteiger charge is -2.25. The summed E-state index contributed by atoms with van der Waals surface area (Å²) < 4.78 is 0. The highest BCUT2D eigenvalue weighted by Crippen LogP contribution is 2.20. The zero-order valence-corrected chi connectivity index (χ0v) is 12.0. The molecule has 3 nitrogen and oxygen atoms in total. The van der Waals surface area contributed by atoms with Gasteiger partial charge in [0.2, 0.25) is 0 Å². The van der Waals surface area contributed by atoms with Gasteiger partial charge in [-0.2, -0.15) is 0 Å². The standard InChI is InChI=1S/C17H21N3/c1-13-8-10-15(11-9-13)20(2)12-16(17(18)19)14-6-4-3-5-7-14/h3-11,16H,12H2,1-2H3,(H3,18,19). The molecule has 3 N–H and O–H groups in total. The largest absolute Gasteiger partial charge is 0.387 e. The van der Waals surface area contributed by atoms with Gasteiger partial charge in [-0.1, -0.05) is 48.0 Å². The summed E-state index contributed by atoms with van der Waals surface area (Å²) in [5.41, 5.74) is 9.24. The van der Waals surface area contributed by atoms with Crippen molar-refractivity contribution >= 4 is 11.5 Å². The molecule has 2 aromatic rings. The molecule has 0 spiro atoms. The molecule has 0 aromatic heterocycles. The van der Waals surface area contributed by atoms with Gasteiger partial charge in [-0.3, -0.25) is 5.41 Å². The minimum Gasteiger partial charge on any atom is -0.387 e. The number of benzene rings is 2. The molecule has 0 radical (unpaired) electrons. The number of hydrogen-bond donors (Lipinski definition) is 2. The minimum absolute atomic E-state index is 0.0810. The minimum atomic E-state index is -0.0810. The normalized spacial score (nSPS) is 11.9. The summed E-state index contributed by atoms with van der Waals surface area (Å²) in [6.07, 6.45) is 0. The lowest BCUT2D eigenvalue weighted by Crippen LogP contribution is -2.32. The molecule has 0 bridgehead atoms. The van der Waals surface area contributed by atoms with Crippen LogP contribution in [0.25, 0.3) is 0 Å². The highest BCUT2D eigenvalue weighted by Gasteiger charge is 2.17. The Morgan fingerprint density at radius 3 is 2.25 bits per heavy atom. The molecule has 2 rings (SSSR count). The first kappa shape index (κ1) is 14.1. The van der Waals surface area contributed by atoms with E-state index in [0.717, 1.165) is 11.3 Å². The monoisotopic (exact) mass is 267 g/mol. The van der Waals surface area contributed by atoms with E-state index in [1.807, 2.05) is 37.4 Å². The first-order valence-electron chi connectivity index (χ1n) is 6.74. The zero-order valence-electron chi connectivity index (χ0n) is 12.0. The zero-order chi connectivity index (χ0) is 14.5. The van der Waals surface area contributed by atoms with Gasteiger partial charge in [-0.25, -0.2) is 0 Å². The maximum absolute atomic E-state index is 7.83. The van der Waals surface area contributed by atoms with Gasteiger partial charge in [-0.15, -0.1) is 0 Å². The van der Waals surface area contributed by atoms with Crippen molar-refractivity contribution in [2.24, 2.45) is 5.73 Å². The molecule has 1 unspecified atom stereocenters. The van der Waals surface area contributed by atoms with Crippen molar-refractivity contribution in [1.29, 1.82) is 5.41 Å². The molecule has 2 aromatic carbocycles. The molecule has 0 fully saturated rings. The smallest absolute Gasteiger partial charge is 0.1000 e. The van der Waals surface area contributed by atoms with Gasteiger partial charge < -0.3 is 10.6 Å². The van der Waals surface area contributed by atoms with E-state index in [1.165, 1.54) is 5.56 Å². The molecule has 0 aliphatic heterocycles. The molecule has 0 saturated heterocycles. The van der Waals surface area contributed by atoms with E-state index in [9.17, 15) is 0 Å². The van der Waals surface area contributed by atoms with Crippen LogP contribution in [0.15, 0.2) is 54.6 Å². The second kappa shape index (κ2) is 6.24. The molecular formula is C17H21N3. The van der Waals surface area contributed by atoms with Gasteiger partial charge in [0, 0.05) is 19.3 Å². The second-order valence-corrected chi connectivity index (χ2v) is 5.13. The third-order valence-corrected chi connectivity index (χ3v) is 3.51. The van der Waals surface area contributed by atoms with Gasteiger partial charge >= 0.3 is 0 Å². The van der Waals surface area contributed by atoms with Crippen LogP contribution in [0.1, 0.15) is 17.0 Å². The first-order valence-corrected chi connectivity index (χ1v) is 6.74. The summed E-state index contributed by atoms with van der Waals surface area (Å²) >= 11 is 0. The average molecular weight is 267 g/mol. The van der Waals surface area contributed by atoms with Crippen LogP contribution in [0.4, 0.5) is 5.69 Å². The van der Waals surface area contributed by atoms with Crippen molar-refractivity contribution in [2.75, 3.05) is 18.5 Å². The van der Waals surface area contributed by atoms with Gasteiger partial charge in [0.15, 0.2) is 0 Å². The number of nitrogens with two attached hydrogens (primary N) is 1. The fraction of sp³-hybridized carbons (Fsp3) is 0.235.